The van der Waals surface area contributed by atoms with Gasteiger partial charge in [0.25, 0.3) is 5.91 Å². The number of nitrogen functional groups attached to an aromatic ring is 1. The smallest absolute Gasteiger partial charge is 0.344 e. The summed E-state index contributed by atoms with van der Waals surface area (Å²) in [5.74, 6) is -3.54. The molecule has 2 saturated heterocycles. The lowest BCUT2D eigenvalue weighted by molar-refractivity contribution is -0.156. The summed E-state index contributed by atoms with van der Waals surface area (Å²) in [6.07, 6.45) is 1.33. The molecule has 2 aliphatic heterocycles. The number of aliphatic carboxylic acids is 2. The van der Waals surface area contributed by atoms with Gasteiger partial charge in [-0.2, -0.15) is 0 Å². The Labute approximate surface area is 188 Å². The lowest BCUT2D eigenvalue weighted by Crippen LogP contribution is -2.73. The van der Waals surface area contributed by atoms with Gasteiger partial charge in [-0.05, 0) is 0 Å². The maximum absolute atomic E-state index is 12.7. The summed E-state index contributed by atoms with van der Waals surface area (Å²) >= 11 is 7.80. The van der Waals surface area contributed by atoms with E-state index in [-0.39, 0.29) is 28.8 Å². The van der Waals surface area contributed by atoms with Gasteiger partial charge in [0.15, 0.2) is 10.8 Å². The van der Waals surface area contributed by atoms with Crippen LogP contribution < -0.4 is 11.1 Å². The Hall–Kier alpha value is -2.84. The molecule has 166 valence electrons. The second kappa shape index (κ2) is 9.11. The molecule has 0 bridgehead atoms. The van der Waals surface area contributed by atoms with Gasteiger partial charge >= 0.3 is 11.9 Å². The Morgan fingerprint density at radius 3 is 2.81 bits per heavy atom. The molecular weight excluding hydrogens is 474 g/mol. The number of anilines is 1. The van der Waals surface area contributed by atoms with Crippen LogP contribution in [0.5, 0.6) is 0 Å². The number of amides is 2. The Bertz CT molecular complexity index is 983. The maximum atomic E-state index is 12.7. The van der Waals surface area contributed by atoms with Crippen LogP contribution in [0.3, 0.4) is 0 Å². The number of hydrogen-bond acceptors (Lipinski definition) is 10. The van der Waals surface area contributed by atoms with E-state index in [0.717, 1.165) is 16.9 Å². The number of thioether (sulfide) groups is 1. The Kier molecular flexibility index (Phi) is 6.71. The number of aromatic nitrogens is 1. The quantitative estimate of drug-likeness (QED) is 0.215. The highest BCUT2D eigenvalue weighted by molar-refractivity contribution is 8.00. The zero-order chi connectivity index (χ0) is 22.8. The maximum Gasteiger partial charge on any atom is 0.344 e. The molecule has 2 amide bonds. The molecule has 12 nitrogen and oxygen atoms in total. The van der Waals surface area contributed by atoms with Gasteiger partial charge in [0, 0.05) is 23.2 Å². The highest BCUT2D eigenvalue weighted by Crippen LogP contribution is 2.43. The van der Waals surface area contributed by atoms with Crippen molar-refractivity contribution in [2.24, 2.45) is 10.6 Å². The number of carboxylic acid groups (broad SMARTS) is 2. The van der Waals surface area contributed by atoms with Crippen molar-refractivity contribution in [1.82, 2.24) is 15.2 Å². The van der Waals surface area contributed by atoms with E-state index in [1.165, 1.54) is 28.1 Å². The molecule has 3 heterocycles. The third kappa shape index (κ3) is 4.60. The van der Waals surface area contributed by atoms with Crippen LogP contribution in [-0.2, 0) is 24.0 Å². The number of carbonyl (C=O) groups excluding carboxylic acids is 2. The zero-order valence-electron chi connectivity index (χ0n) is 15.6. The lowest BCUT2D eigenvalue weighted by atomic mass is 9.87. The second-order valence-electron chi connectivity index (χ2n) is 6.55. The van der Waals surface area contributed by atoms with Gasteiger partial charge in [-0.25, -0.2) is 9.78 Å². The topological polar surface area (TPSA) is 185 Å². The minimum absolute atomic E-state index is 0.0578. The van der Waals surface area contributed by atoms with Gasteiger partial charge in [0.05, 0.1) is 0 Å². The number of nitrogens with two attached hydrogens (primary N) is 1. The number of hydrogen-bond donors (Lipinski definition) is 4. The first-order chi connectivity index (χ1) is 14.7. The van der Waals surface area contributed by atoms with Crippen molar-refractivity contribution in [3.8, 4) is 0 Å². The number of nitrogens with zero attached hydrogens (tertiary/aromatic N) is 3. The number of nitrogens with one attached hydrogen (secondary N) is 1. The van der Waals surface area contributed by atoms with E-state index in [9.17, 15) is 24.3 Å². The highest BCUT2D eigenvalue weighted by atomic mass is 35.5. The predicted molar refractivity (Wildman–Crippen MR) is 112 cm³/mol. The first-order valence-electron chi connectivity index (χ1n) is 8.56. The minimum atomic E-state index is -1.32. The molecule has 0 spiro atoms. The molecule has 5 N–H and O–H groups in total. The van der Waals surface area contributed by atoms with Crippen molar-refractivity contribution in [2.75, 3.05) is 24.6 Å². The predicted octanol–water partition coefficient (Wildman–Crippen LogP) is -0.246. The molecule has 0 radical (unpaired) electrons. The number of oxime groups is 1. The molecule has 2 aliphatic rings. The van der Waals surface area contributed by atoms with E-state index in [1.807, 2.05) is 0 Å². The average molecular weight is 490 g/mol. The van der Waals surface area contributed by atoms with Crippen molar-refractivity contribution in [2.45, 2.75) is 11.4 Å². The van der Waals surface area contributed by atoms with Crippen molar-refractivity contribution in [3.05, 3.63) is 22.7 Å². The van der Waals surface area contributed by atoms with E-state index in [0.29, 0.717) is 0 Å². The fraction of sp³-hybridized carbons (Fsp3) is 0.375. The summed E-state index contributed by atoms with van der Waals surface area (Å²) in [6.45, 7) is -0.865. The first-order valence-corrected chi connectivity index (χ1v) is 10.9. The van der Waals surface area contributed by atoms with E-state index in [2.05, 4.69) is 20.3 Å². The van der Waals surface area contributed by atoms with Gasteiger partial charge in [-0.15, -0.1) is 23.1 Å². The molecule has 31 heavy (non-hydrogen) atoms. The molecular formula is C16H16ClN5O7S2. The van der Waals surface area contributed by atoms with Gasteiger partial charge in [-0.3, -0.25) is 14.4 Å². The fourth-order valence-electron chi connectivity index (χ4n) is 2.98. The van der Waals surface area contributed by atoms with Crippen LogP contribution in [0.4, 0.5) is 5.13 Å². The number of thiazole rings is 1. The standard InChI is InChI=1S/C16H16ClN5O7S2/c17-2-1-16(14(27)28)5-22-12(26)10(13(22)31-6-16)20-11(25)9(21-29-3-8(23)24)7-4-30-15(18)19-7/h1-2,4,10,13H,3,5-6H2,(H2,18,19)(H,20,25)(H,23,24)(H,27,28)/t10?,13-,16?/m1/s1. The van der Waals surface area contributed by atoms with Crippen LogP contribution >= 0.6 is 34.7 Å². The van der Waals surface area contributed by atoms with Gasteiger partial charge in [0.2, 0.25) is 12.5 Å². The summed E-state index contributed by atoms with van der Waals surface area (Å²) in [7, 11) is 0. The average Bonchev–Trinajstić information content (AvgIpc) is 3.14. The summed E-state index contributed by atoms with van der Waals surface area (Å²) in [6, 6.07) is -0.926. The third-order valence-corrected chi connectivity index (χ3v) is 6.87. The van der Waals surface area contributed by atoms with Crippen LogP contribution in [0.1, 0.15) is 5.69 Å². The monoisotopic (exact) mass is 489 g/mol. The molecule has 0 saturated carbocycles. The number of carbonyl (C=O) groups is 4. The number of halogens is 1. The SMILES string of the molecule is Nc1nc(C(=NOCC(=O)O)C(=O)NC2C(=O)N3CC(C=CCl)(C(=O)O)CS[C@H]23)cs1. The molecule has 2 fully saturated rings. The van der Waals surface area contributed by atoms with Crippen LogP contribution in [0.2, 0.25) is 0 Å². The molecule has 15 heteroatoms. The van der Waals surface area contributed by atoms with Gasteiger partial charge in [-0.1, -0.05) is 22.8 Å². The Morgan fingerprint density at radius 1 is 1.48 bits per heavy atom. The Morgan fingerprint density at radius 2 is 2.23 bits per heavy atom. The van der Waals surface area contributed by atoms with Crippen LogP contribution in [0.25, 0.3) is 0 Å². The highest BCUT2D eigenvalue weighted by Gasteiger charge is 2.56. The Balaban J connectivity index is 1.73. The van der Waals surface area contributed by atoms with Gasteiger partial charge in [0.1, 0.15) is 22.5 Å². The first kappa shape index (κ1) is 22.8. The minimum Gasteiger partial charge on any atom is -0.481 e. The molecule has 0 aliphatic carbocycles. The zero-order valence-corrected chi connectivity index (χ0v) is 17.9. The van der Waals surface area contributed by atoms with Crippen molar-refractivity contribution in [3.63, 3.8) is 0 Å². The number of fused-ring (bicyclic) bond motifs is 1. The molecule has 1 aromatic rings. The van der Waals surface area contributed by atoms with Crippen molar-refractivity contribution in [1.29, 1.82) is 0 Å². The molecule has 3 atom stereocenters. The second-order valence-corrected chi connectivity index (χ2v) is 8.80. The molecule has 0 aromatic carbocycles. The normalized spacial score (nSPS) is 25.6. The largest absolute Gasteiger partial charge is 0.481 e. The summed E-state index contributed by atoms with van der Waals surface area (Å²) in [5, 5.41) is 25.4. The van der Waals surface area contributed by atoms with Crippen molar-refractivity contribution >= 4 is 69.3 Å². The number of rotatable bonds is 8. The van der Waals surface area contributed by atoms with Crippen LogP contribution in [-0.4, -0.2) is 79.9 Å². The number of carboxylic acids is 2. The molecule has 1 aromatic heterocycles. The summed E-state index contributed by atoms with van der Waals surface area (Å²) < 4.78 is 0. The van der Waals surface area contributed by atoms with Crippen LogP contribution in [0.15, 0.2) is 22.1 Å². The molecule has 2 unspecified atom stereocenters. The van der Waals surface area contributed by atoms with Gasteiger partial charge < -0.3 is 31.0 Å². The number of β-lactam (4-membered cyclic amide) rings is 1. The summed E-state index contributed by atoms with van der Waals surface area (Å²) in [4.78, 5) is 57.6. The van der Waals surface area contributed by atoms with Crippen LogP contribution in [0, 0.1) is 5.41 Å². The lowest BCUT2D eigenvalue weighted by Gasteiger charge is -2.53. The third-order valence-electron chi connectivity index (χ3n) is 4.52. The van der Waals surface area contributed by atoms with E-state index < -0.39 is 47.2 Å². The molecule has 3 rings (SSSR count). The summed E-state index contributed by atoms with van der Waals surface area (Å²) in [5.41, 5.74) is 5.08. The fourth-order valence-corrected chi connectivity index (χ4v) is 5.28. The van der Waals surface area contributed by atoms with E-state index >= 15 is 0 Å². The van der Waals surface area contributed by atoms with E-state index in [4.69, 9.17) is 22.4 Å². The van der Waals surface area contributed by atoms with E-state index in [1.54, 1.807) is 0 Å². The van der Waals surface area contributed by atoms with Crippen molar-refractivity contribution < 1.29 is 34.2 Å².